The maximum absolute atomic E-state index is 12.7. The lowest BCUT2D eigenvalue weighted by Crippen LogP contribution is -2.33. The van der Waals surface area contributed by atoms with Crippen molar-refractivity contribution in [2.45, 2.75) is 13.0 Å². The molecule has 1 aliphatic heterocycles. The Labute approximate surface area is 166 Å². The molecule has 0 saturated heterocycles. The van der Waals surface area contributed by atoms with Crippen molar-refractivity contribution in [3.8, 4) is 5.75 Å². The molecular weight excluding hydrogens is 385 g/mol. The van der Waals surface area contributed by atoms with Crippen molar-refractivity contribution in [1.82, 2.24) is 9.78 Å². The van der Waals surface area contributed by atoms with E-state index < -0.39 is 0 Å². The van der Waals surface area contributed by atoms with Gasteiger partial charge in [0, 0.05) is 6.07 Å². The van der Waals surface area contributed by atoms with Crippen LogP contribution >= 0.6 is 23.2 Å². The van der Waals surface area contributed by atoms with Crippen LogP contribution in [0.2, 0.25) is 10.0 Å². The molecule has 0 aliphatic carbocycles. The second kappa shape index (κ2) is 7.62. The molecule has 1 N–H and O–H groups in total. The first-order valence-electron chi connectivity index (χ1n) is 8.58. The first-order chi connectivity index (χ1) is 13.1. The molecule has 1 aliphatic rings. The maximum Gasteiger partial charge on any atom is 0.232 e. The van der Waals surface area contributed by atoms with E-state index in [0.29, 0.717) is 35.4 Å². The Kier molecular flexibility index (Phi) is 5.05. The Bertz CT molecular complexity index is 987. The number of carbonyl (C=O) groups is 1. The number of para-hydroxylation sites is 1. The lowest BCUT2D eigenvalue weighted by molar-refractivity contribution is -0.121. The molecule has 2 heterocycles. The Morgan fingerprint density at radius 3 is 2.93 bits per heavy atom. The van der Waals surface area contributed by atoms with Crippen LogP contribution in [0.3, 0.4) is 0 Å². The third-order valence-corrected chi connectivity index (χ3v) is 5.43. The van der Waals surface area contributed by atoms with Crippen molar-refractivity contribution in [2.75, 3.05) is 11.9 Å². The van der Waals surface area contributed by atoms with Gasteiger partial charge in [-0.3, -0.25) is 4.79 Å². The summed E-state index contributed by atoms with van der Waals surface area (Å²) in [6, 6.07) is 15.0. The van der Waals surface area contributed by atoms with Crippen LogP contribution in [0.1, 0.15) is 11.1 Å². The van der Waals surface area contributed by atoms with Crippen molar-refractivity contribution >= 4 is 34.9 Å². The van der Waals surface area contributed by atoms with Crippen molar-refractivity contribution in [1.29, 1.82) is 0 Å². The van der Waals surface area contributed by atoms with Gasteiger partial charge in [0.25, 0.3) is 0 Å². The summed E-state index contributed by atoms with van der Waals surface area (Å²) in [6.07, 6.45) is 2.29. The van der Waals surface area contributed by atoms with Crippen molar-refractivity contribution in [2.24, 2.45) is 5.92 Å². The topological polar surface area (TPSA) is 56.2 Å². The number of amides is 1. The zero-order chi connectivity index (χ0) is 18.8. The van der Waals surface area contributed by atoms with Gasteiger partial charge in [-0.05, 0) is 29.7 Å². The quantitative estimate of drug-likeness (QED) is 0.703. The van der Waals surface area contributed by atoms with E-state index in [4.69, 9.17) is 27.9 Å². The zero-order valence-corrected chi connectivity index (χ0v) is 15.9. The van der Waals surface area contributed by atoms with E-state index >= 15 is 0 Å². The van der Waals surface area contributed by atoms with E-state index in [1.54, 1.807) is 23.0 Å². The molecule has 0 unspecified atom stereocenters. The van der Waals surface area contributed by atoms with Crippen LogP contribution in [-0.2, 0) is 17.8 Å². The highest BCUT2D eigenvalue weighted by Crippen LogP contribution is 2.28. The number of ether oxygens (including phenoxy) is 1. The van der Waals surface area contributed by atoms with Gasteiger partial charge in [-0.1, -0.05) is 53.5 Å². The smallest absolute Gasteiger partial charge is 0.232 e. The van der Waals surface area contributed by atoms with Crippen LogP contribution in [0.5, 0.6) is 5.75 Å². The predicted octanol–water partition coefficient (Wildman–Crippen LogP) is 4.43. The molecule has 1 atom stereocenters. The van der Waals surface area contributed by atoms with E-state index in [9.17, 15) is 4.79 Å². The lowest BCUT2D eigenvalue weighted by Gasteiger charge is -2.24. The molecule has 2 aromatic carbocycles. The minimum Gasteiger partial charge on any atom is -0.492 e. The van der Waals surface area contributed by atoms with Gasteiger partial charge in [-0.25, -0.2) is 4.68 Å². The number of nitrogens with zero attached hydrogens (tertiary/aromatic N) is 2. The lowest BCUT2D eigenvalue weighted by atomic mass is 9.96. The summed E-state index contributed by atoms with van der Waals surface area (Å²) < 4.78 is 7.40. The average molecular weight is 402 g/mol. The number of aromatic nitrogens is 2. The summed E-state index contributed by atoms with van der Waals surface area (Å²) in [5.41, 5.74) is 1.88. The number of halogens is 2. The van der Waals surface area contributed by atoms with E-state index in [1.165, 1.54) is 0 Å². The molecule has 0 bridgehead atoms. The fourth-order valence-corrected chi connectivity index (χ4v) is 3.50. The highest BCUT2D eigenvalue weighted by molar-refractivity contribution is 6.42. The van der Waals surface area contributed by atoms with Crippen LogP contribution in [-0.4, -0.2) is 22.3 Å². The minimum atomic E-state index is -0.252. The normalized spacial score (nSPS) is 15.7. The Morgan fingerprint density at radius 2 is 2.04 bits per heavy atom. The number of anilines is 1. The second-order valence-corrected chi connectivity index (χ2v) is 7.18. The molecule has 0 radical (unpaired) electrons. The average Bonchev–Trinajstić information content (AvgIpc) is 3.11. The summed E-state index contributed by atoms with van der Waals surface area (Å²) in [7, 11) is 0. The molecule has 0 fully saturated rings. The standard InChI is InChI=1S/C20H17Cl2N3O2/c21-16-6-3-5-14(19(16)22)11-25-18(8-9-23-25)24-20(26)15-10-13-4-1-2-7-17(13)27-12-15/h1-9,15H,10-12H2,(H,24,26)/t15-/m1/s1. The Balaban J connectivity index is 1.47. The molecule has 138 valence electrons. The third kappa shape index (κ3) is 3.80. The first-order valence-corrected chi connectivity index (χ1v) is 9.33. The van der Waals surface area contributed by atoms with Crippen LogP contribution in [0, 0.1) is 5.92 Å². The number of fused-ring (bicyclic) bond motifs is 1. The molecule has 3 aromatic rings. The van der Waals surface area contributed by atoms with Crippen LogP contribution in [0.4, 0.5) is 5.82 Å². The number of benzene rings is 2. The van der Waals surface area contributed by atoms with E-state index in [1.807, 2.05) is 36.4 Å². The van der Waals surface area contributed by atoms with Gasteiger partial charge in [-0.15, -0.1) is 0 Å². The van der Waals surface area contributed by atoms with Gasteiger partial charge in [0.05, 0.1) is 28.7 Å². The van der Waals surface area contributed by atoms with Crippen molar-refractivity contribution in [3.63, 3.8) is 0 Å². The maximum atomic E-state index is 12.7. The van der Waals surface area contributed by atoms with E-state index in [2.05, 4.69) is 10.4 Å². The molecular formula is C20H17Cl2N3O2. The Morgan fingerprint density at radius 1 is 1.19 bits per heavy atom. The summed E-state index contributed by atoms with van der Waals surface area (Å²) in [5.74, 6) is 1.11. The molecule has 27 heavy (non-hydrogen) atoms. The fourth-order valence-electron chi connectivity index (χ4n) is 3.12. The summed E-state index contributed by atoms with van der Waals surface area (Å²) in [5, 5.41) is 8.22. The van der Waals surface area contributed by atoms with E-state index in [-0.39, 0.29) is 11.8 Å². The van der Waals surface area contributed by atoms with Gasteiger partial charge in [0.15, 0.2) is 0 Å². The number of carbonyl (C=O) groups excluding carboxylic acids is 1. The van der Waals surface area contributed by atoms with Gasteiger partial charge in [0.1, 0.15) is 18.2 Å². The van der Waals surface area contributed by atoms with Crippen LogP contribution in [0.25, 0.3) is 0 Å². The van der Waals surface area contributed by atoms with Gasteiger partial charge < -0.3 is 10.1 Å². The fraction of sp³-hybridized carbons (Fsp3) is 0.200. The third-order valence-electron chi connectivity index (χ3n) is 4.57. The summed E-state index contributed by atoms with van der Waals surface area (Å²) >= 11 is 12.3. The van der Waals surface area contributed by atoms with Gasteiger partial charge >= 0.3 is 0 Å². The second-order valence-electron chi connectivity index (χ2n) is 6.40. The monoisotopic (exact) mass is 401 g/mol. The highest BCUT2D eigenvalue weighted by atomic mass is 35.5. The van der Waals surface area contributed by atoms with Crippen LogP contribution < -0.4 is 10.1 Å². The molecule has 5 nitrogen and oxygen atoms in total. The van der Waals surface area contributed by atoms with Crippen LogP contribution in [0.15, 0.2) is 54.7 Å². The molecule has 4 rings (SSSR count). The van der Waals surface area contributed by atoms with Crippen molar-refractivity contribution < 1.29 is 9.53 Å². The summed E-state index contributed by atoms with van der Waals surface area (Å²) in [6.45, 7) is 0.767. The van der Waals surface area contributed by atoms with Gasteiger partial charge in [-0.2, -0.15) is 5.10 Å². The van der Waals surface area contributed by atoms with Crippen molar-refractivity contribution in [3.05, 3.63) is 75.9 Å². The minimum absolute atomic E-state index is 0.0940. The highest BCUT2D eigenvalue weighted by Gasteiger charge is 2.26. The SMILES string of the molecule is O=C(Nc1ccnn1Cc1cccc(Cl)c1Cl)[C@H]1COc2ccccc2C1. The molecule has 0 saturated carbocycles. The van der Waals surface area contributed by atoms with Gasteiger partial charge in [0.2, 0.25) is 5.91 Å². The zero-order valence-electron chi connectivity index (χ0n) is 14.4. The largest absolute Gasteiger partial charge is 0.492 e. The number of hydrogen-bond donors (Lipinski definition) is 1. The molecule has 0 spiro atoms. The first kappa shape index (κ1) is 17.9. The van der Waals surface area contributed by atoms with E-state index in [0.717, 1.165) is 16.9 Å². The molecule has 1 aromatic heterocycles. The Hall–Kier alpha value is -2.50. The molecule has 7 heteroatoms. The summed E-state index contributed by atoms with van der Waals surface area (Å²) in [4.78, 5) is 12.7. The number of rotatable bonds is 4. The number of hydrogen-bond acceptors (Lipinski definition) is 3. The predicted molar refractivity (Wildman–Crippen MR) is 106 cm³/mol. The number of nitrogens with one attached hydrogen (secondary N) is 1. The molecule has 1 amide bonds.